The van der Waals surface area contributed by atoms with Gasteiger partial charge in [-0.1, -0.05) is 18.6 Å². The van der Waals surface area contributed by atoms with E-state index in [4.69, 9.17) is 0 Å². The Bertz CT molecular complexity index is 480. The maximum atomic E-state index is 12.4. The van der Waals surface area contributed by atoms with E-state index in [2.05, 4.69) is 25.2 Å². The van der Waals surface area contributed by atoms with E-state index in [1.54, 1.807) is 0 Å². The summed E-state index contributed by atoms with van der Waals surface area (Å²) >= 11 is 0. The summed E-state index contributed by atoms with van der Waals surface area (Å²) in [5.41, 5.74) is 3.41. The number of rotatable bonds is 2. The van der Waals surface area contributed by atoms with Crippen LogP contribution >= 0.6 is 0 Å². The van der Waals surface area contributed by atoms with Gasteiger partial charge in [0.1, 0.15) is 0 Å². The van der Waals surface area contributed by atoms with Gasteiger partial charge >= 0.3 is 0 Å². The van der Waals surface area contributed by atoms with Crippen LogP contribution in [0.5, 0.6) is 0 Å². The van der Waals surface area contributed by atoms with Crippen molar-refractivity contribution in [3.05, 3.63) is 29.3 Å². The van der Waals surface area contributed by atoms with Gasteiger partial charge in [0.25, 0.3) is 0 Å². The largest absolute Gasteiger partial charge is 0.326 e. The lowest BCUT2D eigenvalue weighted by Gasteiger charge is -2.21. The lowest BCUT2D eigenvalue weighted by Crippen LogP contribution is -2.27. The Labute approximate surface area is 109 Å². The number of fused-ring (bicyclic) bond motifs is 2. The molecule has 3 atom stereocenters. The first-order chi connectivity index (χ1) is 8.65. The van der Waals surface area contributed by atoms with Gasteiger partial charge in [0.15, 0.2) is 0 Å². The van der Waals surface area contributed by atoms with E-state index in [9.17, 15) is 4.79 Å². The van der Waals surface area contributed by atoms with Crippen molar-refractivity contribution in [1.29, 1.82) is 0 Å². The zero-order chi connectivity index (χ0) is 12.7. The Morgan fingerprint density at radius 1 is 1.22 bits per heavy atom. The summed E-state index contributed by atoms with van der Waals surface area (Å²) < 4.78 is 0. The molecule has 18 heavy (non-hydrogen) atoms. The van der Waals surface area contributed by atoms with Crippen molar-refractivity contribution >= 4 is 11.6 Å². The molecular weight excluding hydrogens is 222 g/mol. The number of carbonyl (C=O) groups excluding carboxylic acids is 1. The molecule has 2 heteroatoms. The summed E-state index contributed by atoms with van der Waals surface area (Å²) in [4.78, 5) is 12.4. The zero-order valence-electron chi connectivity index (χ0n) is 11.2. The molecule has 0 aromatic heterocycles. The average Bonchev–Trinajstić information content (AvgIpc) is 2.97. The van der Waals surface area contributed by atoms with E-state index in [1.165, 1.54) is 30.4 Å². The molecule has 2 aliphatic carbocycles. The van der Waals surface area contributed by atoms with Gasteiger partial charge in [-0.25, -0.2) is 0 Å². The molecule has 1 amide bonds. The van der Waals surface area contributed by atoms with E-state index in [0.29, 0.717) is 5.92 Å². The first kappa shape index (κ1) is 11.8. The van der Waals surface area contributed by atoms with Crippen LogP contribution in [0.2, 0.25) is 0 Å². The predicted molar refractivity (Wildman–Crippen MR) is 73.5 cm³/mol. The maximum absolute atomic E-state index is 12.4. The van der Waals surface area contributed by atoms with E-state index >= 15 is 0 Å². The molecular formula is C16H21NO. The van der Waals surface area contributed by atoms with Gasteiger partial charge in [-0.3, -0.25) is 4.79 Å². The number of anilines is 1. The van der Waals surface area contributed by atoms with Crippen LogP contribution in [0.1, 0.15) is 36.8 Å². The van der Waals surface area contributed by atoms with Crippen LogP contribution in [0.25, 0.3) is 0 Å². The number of carbonyl (C=O) groups is 1. The maximum Gasteiger partial charge on any atom is 0.227 e. The third-order valence-corrected chi connectivity index (χ3v) is 4.94. The molecule has 0 radical (unpaired) electrons. The van der Waals surface area contributed by atoms with Crippen molar-refractivity contribution in [2.75, 3.05) is 5.32 Å². The number of aryl methyl sites for hydroxylation is 1. The van der Waals surface area contributed by atoms with Crippen LogP contribution in [-0.4, -0.2) is 5.91 Å². The van der Waals surface area contributed by atoms with Gasteiger partial charge in [0, 0.05) is 11.6 Å². The molecule has 0 spiro atoms. The molecule has 0 saturated heterocycles. The Hall–Kier alpha value is -1.31. The summed E-state index contributed by atoms with van der Waals surface area (Å²) in [7, 11) is 0. The van der Waals surface area contributed by atoms with Crippen LogP contribution in [0.15, 0.2) is 18.2 Å². The fourth-order valence-electron chi connectivity index (χ4n) is 3.68. The van der Waals surface area contributed by atoms with Gasteiger partial charge in [0.05, 0.1) is 0 Å². The lowest BCUT2D eigenvalue weighted by atomic mass is 9.88. The van der Waals surface area contributed by atoms with Crippen LogP contribution < -0.4 is 5.32 Å². The van der Waals surface area contributed by atoms with Gasteiger partial charge in [-0.2, -0.15) is 0 Å². The summed E-state index contributed by atoms with van der Waals surface area (Å²) in [6.45, 7) is 4.16. The molecule has 0 heterocycles. The minimum absolute atomic E-state index is 0.246. The molecule has 2 saturated carbocycles. The number of hydrogen-bond acceptors (Lipinski definition) is 1. The normalized spacial score (nSPS) is 29.6. The van der Waals surface area contributed by atoms with Crippen LogP contribution in [0, 0.1) is 31.6 Å². The van der Waals surface area contributed by atoms with Gasteiger partial charge in [0.2, 0.25) is 5.91 Å². The second-order valence-electron chi connectivity index (χ2n) is 6.02. The highest BCUT2D eigenvalue weighted by molar-refractivity contribution is 5.93. The number of hydrogen-bond donors (Lipinski definition) is 1. The molecule has 1 aromatic rings. The Balaban J connectivity index is 1.73. The van der Waals surface area contributed by atoms with E-state index in [1.807, 2.05) is 12.1 Å². The van der Waals surface area contributed by atoms with Crippen molar-refractivity contribution in [1.82, 2.24) is 0 Å². The smallest absolute Gasteiger partial charge is 0.227 e. The van der Waals surface area contributed by atoms with E-state index < -0.39 is 0 Å². The van der Waals surface area contributed by atoms with Gasteiger partial charge in [-0.05, 0) is 62.1 Å². The Morgan fingerprint density at radius 3 is 2.72 bits per heavy atom. The van der Waals surface area contributed by atoms with Crippen molar-refractivity contribution in [3.63, 3.8) is 0 Å². The third-order valence-electron chi connectivity index (χ3n) is 4.94. The number of amides is 1. The molecule has 0 aliphatic heterocycles. The molecule has 1 N–H and O–H groups in total. The average molecular weight is 243 g/mol. The Morgan fingerprint density at radius 2 is 2.06 bits per heavy atom. The Kier molecular flexibility index (Phi) is 2.89. The quantitative estimate of drug-likeness (QED) is 0.843. The highest BCUT2D eigenvalue weighted by Gasteiger charge is 2.43. The fourth-order valence-corrected chi connectivity index (χ4v) is 3.68. The minimum Gasteiger partial charge on any atom is -0.326 e. The lowest BCUT2D eigenvalue weighted by molar-refractivity contribution is -0.121. The second kappa shape index (κ2) is 4.42. The second-order valence-corrected chi connectivity index (χ2v) is 6.02. The van der Waals surface area contributed by atoms with Crippen molar-refractivity contribution in [2.24, 2.45) is 17.8 Å². The molecule has 3 rings (SSSR count). The molecule has 2 aliphatic rings. The summed E-state index contributed by atoms with van der Waals surface area (Å²) in [5.74, 6) is 1.99. The molecule has 2 nitrogen and oxygen atoms in total. The minimum atomic E-state index is 0.246. The van der Waals surface area contributed by atoms with Crippen LogP contribution in [-0.2, 0) is 4.79 Å². The zero-order valence-corrected chi connectivity index (χ0v) is 11.2. The molecule has 96 valence electrons. The summed E-state index contributed by atoms with van der Waals surface area (Å²) in [6.07, 6.45) is 5.00. The SMILES string of the molecule is Cc1cccc(NC(=O)[C@H]2C[C@@H]3CC[C@@H]2C3)c1C. The molecule has 2 fully saturated rings. The number of benzene rings is 1. The van der Waals surface area contributed by atoms with Gasteiger partial charge < -0.3 is 5.32 Å². The van der Waals surface area contributed by atoms with Crippen LogP contribution in [0.4, 0.5) is 5.69 Å². The fraction of sp³-hybridized carbons (Fsp3) is 0.562. The molecule has 0 unspecified atom stereocenters. The number of nitrogens with one attached hydrogen (secondary N) is 1. The van der Waals surface area contributed by atoms with E-state index in [-0.39, 0.29) is 11.8 Å². The third kappa shape index (κ3) is 1.94. The molecule has 2 bridgehead atoms. The van der Waals surface area contributed by atoms with E-state index in [0.717, 1.165) is 18.0 Å². The molecule has 1 aromatic carbocycles. The monoisotopic (exact) mass is 243 g/mol. The van der Waals surface area contributed by atoms with Crippen LogP contribution in [0.3, 0.4) is 0 Å². The summed E-state index contributed by atoms with van der Waals surface area (Å²) in [5, 5.41) is 3.14. The van der Waals surface area contributed by atoms with Gasteiger partial charge in [-0.15, -0.1) is 0 Å². The first-order valence-electron chi connectivity index (χ1n) is 7.02. The van der Waals surface area contributed by atoms with Crippen molar-refractivity contribution in [2.45, 2.75) is 39.5 Å². The topological polar surface area (TPSA) is 29.1 Å². The highest BCUT2D eigenvalue weighted by atomic mass is 16.1. The predicted octanol–water partition coefficient (Wildman–Crippen LogP) is 3.68. The van der Waals surface area contributed by atoms with Crippen molar-refractivity contribution < 1.29 is 4.79 Å². The first-order valence-corrected chi connectivity index (χ1v) is 7.02. The summed E-state index contributed by atoms with van der Waals surface area (Å²) in [6, 6.07) is 6.11. The van der Waals surface area contributed by atoms with Crippen molar-refractivity contribution in [3.8, 4) is 0 Å². The highest BCUT2D eigenvalue weighted by Crippen LogP contribution is 2.48. The standard InChI is InChI=1S/C16H21NO/c1-10-4-3-5-15(11(10)2)17-16(18)14-9-12-6-7-13(14)8-12/h3-5,12-14H,6-9H2,1-2H3,(H,17,18)/t12-,13-,14+/m1/s1.